The summed E-state index contributed by atoms with van der Waals surface area (Å²) in [6, 6.07) is 0. The van der Waals surface area contributed by atoms with Crippen molar-refractivity contribution in [2.24, 2.45) is 5.92 Å². The molecular formula is C10H14BrN3O2. The smallest absolute Gasteiger partial charge is 0.306 e. The van der Waals surface area contributed by atoms with Crippen molar-refractivity contribution in [2.75, 3.05) is 5.73 Å². The van der Waals surface area contributed by atoms with Crippen LogP contribution in [0.1, 0.15) is 26.0 Å². The number of carbonyl (C=O) groups excluding carboxylic acids is 1. The molecule has 0 saturated heterocycles. The Morgan fingerprint density at radius 1 is 1.62 bits per heavy atom. The summed E-state index contributed by atoms with van der Waals surface area (Å²) >= 11 is 3.26. The Labute approximate surface area is 103 Å². The third-order valence-corrected chi connectivity index (χ3v) is 2.44. The number of rotatable bonds is 4. The Kier molecular flexibility index (Phi) is 4.67. The van der Waals surface area contributed by atoms with Gasteiger partial charge in [0.1, 0.15) is 6.61 Å². The van der Waals surface area contributed by atoms with Crippen molar-refractivity contribution in [2.45, 2.75) is 26.9 Å². The highest BCUT2D eigenvalue weighted by Gasteiger charge is 2.09. The number of nitrogens with zero attached hydrogens (tertiary/aromatic N) is 2. The van der Waals surface area contributed by atoms with E-state index in [1.165, 1.54) is 6.20 Å². The molecule has 0 saturated carbocycles. The average Bonchev–Trinajstić information content (AvgIpc) is 2.18. The zero-order chi connectivity index (χ0) is 12.1. The lowest BCUT2D eigenvalue weighted by molar-refractivity contribution is -0.145. The lowest BCUT2D eigenvalue weighted by Gasteiger charge is -2.07. The molecule has 0 aromatic carbocycles. The second-order valence-corrected chi connectivity index (χ2v) is 4.64. The number of carbonyl (C=O) groups is 1. The Bertz CT molecular complexity index is 382. The number of hydrogen-bond donors (Lipinski definition) is 1. The molecular weight excluding hydrogens is 274 g/mol. The number of halogens is 1. The van der Waals surface area contributed by atoms with Crippen LogP contribution in [0, 0.1) is 5.92 Å². The average molecular weight is 288 g/mol. The molecule has 1 aromatic heterocycles. The minimum atomic E-state index is -0.237. The molecule has 0 atom stereocenters. The summed E-state index contributed by atoms with van der Waals surface area (Å²) in [5, 5.41) is 0. The number of esters is 1. The van der Waals surface area contributed by atoms with Gasteiger partial charge in [-0.2, -0.15) is 0 Å². The first-order chi connectivity index (χ1) is 7.49. The summed E-state index contributed by atoms with van der Waals surface area (Å²) in [5.41, 5.74) is 6.00. The summed E-state index contributed by atoms with van der Waals surface area (Å²) in [6.07, 6.45) is 1.94. The maximum atomic E-state index is 11.3. The first-order valence-corrected chi connectivity index (χ1v) is 5.71. The first-order valence-electron chi connectivity index (χ1n) is 4.91. The third-order valence-electron chi connectivity index (χ3n) is 1.78. The van der Waals surface area contributed by atoms with Crippen LogP contribution in [0.2, 0.25) is 0 Å². The minimum absolute atomic E-state index is 0.110. The van der Waals surface area contributed by atoms with Gasteiger partial charge in [-0.05, 0) is 21.8 Å². The van der Waals surface area contributed by atoms with Crippen LogP contribution in [-0.2, 0) is 16.1 Å². The zero-order valence-corrected chi connectivity index (χ0v) is 10.8. The van der Waals surface area contributed by atoms with Crippen LogP contribution < -0.4 is 5.73 Å². The van der Waals surface area contributed by atoms with E-state index in [0.717, 1.165) is 0 Å². The fourth-order valence-electron chi connectivity index (χ4n) is 1.06. The van der Waals surface area contributed by atoms with Gasteiger partial charge in [0.15, 0.2) is 0 Å². The van der Waals surface area contributed by atoms with Crippen LogP contribution in [0.4, 0.5) is 5.95 Å². The SMILES string of the molecule is CC(C)CC(=O)OCc1nc(N)ncc1Br. The Morgan fingerprint density at radius 3 is 2.94 bits per heavy atom. The van der Waals surface area contributed by atoms with Gasteiger partial charge in [0.05, 0.1) is 10.2 Å². The molecule has 0 spiro atoms. The van der Waals surface area contributed by atoms with Crippen molar-refractivity contribution in [3.05, 3.63) is 16.4 Å². The molecule has 88 valence electrons. The second-order valence-electron chi connectivity index (χ2n) is 3.78. The molecule has 1 rings (SSSR count). The number of ether oxygens (including phenoxy) is 1. The predicted octanol–water partition coefficient (Wildman–Crippen LogP) is 1.91. The van der Waals surface area contributed by atoms with E-state index in [4.69, 9.17) is 10.5 Å². The third kappa shape index (κ3) is 4.14. The minimum Gasteiger partial charge on any atom is -0.459 e. The van der Waals surface area contributed by atoms with Crippen LogP contribution in [-0.4, -0.2) is 15.9 Å². The molecule has 0 amide bonds. The zero-order valence-electron chi connectivity index (χ0n) is 9.24. The number of nitrogens with two attached hydrogens (primary N) is 1. The molecule has 1 heterocycles. The summed E-state index contributed by atoms with van der Waals surface area (Å²) in [7, 11) is 0. The van der Waals surface area contributed by atoms with Crippen molar-refractivity contribution in [1.29, 1.82) is 0 Å². The highest BCUT2D eigenvalue weighted by molar-refractivity contribution is 9.10. The summed E-state index contributed by atoms with van der Waals surface area (Å²) in [5.74, 6) is 0.212. The summed E-state index contributed by atoms with van der Waals surface area (Å²) in [4.78, 5) is 19.1. The normalized spacial score (nSPS) is 10.5. The first kappa shape index (κ1) is 12.9. The lowest BCUT2D eigenvalue weighted by atomic mass is 10.1. The van der Waals surface area contributed by atoms with E-state index in [1.807, 2.05) is 13.8 Å². The molecule has 5 nitrogen and oxygen atoms in total. The van der Waals surface area contributed by atoms with E-state index in [-0.39, 0.29) is 24.4 Å². The molecule has 0 aliphatic heterocycles. The van der Waals surface area contributed by atoms with E-state index < -0.39 is 0 Å². The maximum absolute atomic E-state index is 11.3. The van der Waals surface area contributed by atoms with Gasteiger partial charge >= 0.3 is 5.97 Å². The van der Waals surface area contributed by atoms with Crippen LogP contribution in [0.15, 0.2) is 10.7 Å². The van der Waals surface area contributed by atoms with Gasteiger partial charge in [-0.1, -0.05) is 13.8 Å². The van der Waals surface area contributed by atoms with Gasteiger partial charge < -0.3 is 10.5 Å². The molecule has 0 aliphatic carbocycles. The fourth-order valence-corrected chi connectivity index (χ4v) is 1.37. The van der Waals surface area contributed by atoms with Crippen molar-refractivity contribution in [3.8, 4) is 0 Å². The van der Waals surface area contributed by atoms with Crippen molar-refractivity contribution in [1.82, 2.24) is 9.97 Å². The topological polar surface area (TPSA) is 78.1 Å². The standard InChI is InChI=1S/C10H14BrN3O2/c1-6(2)3-9(15)16-5-8-7(11)4-13-10(12)14-8/h4,6H,3,5H2,1-2H3,(H2,12,13,14). The number of hydrogen-bond acceptors (Lipinski definition) is 5. The van der Waals surface area contributed by atoms with Gasteiger partial charge in [0.25, 0.3) is 0 Å². The quantitative estimate of drug-likeness (QED) is 0.856. The monoisotopic (exact) mass is 287 g/mol. The largest absolute Gasteiger partial charge is 0.459 e. The van der Waals surface area contributed by atoms with E-state index in [2.05, 4.69) is 25.9 Å². The Hall–Kier alpha value is -1.17. The predicted molar refractivity (Wildman–Crippen MR) is 63.4 cm³/mol. The van der Waals surface area contributed by atoms with Gasteiger partial charge in [-0.3, -0.25) is 4.79 Å². The molecule has 6 heteroatoms. The molecule has 2 N–H and O–H groups in total. The second kappa shape index (κ2) is 5.79. The molecule has 0 unspecified atom stereocenters. The highest BCUT2D eigenvalue weighted by atomic mass is 79.9. The number of nitrogen functional groups attached to an aromatic ring is 1. The van der Waals surface area contributed by atoms with Crippen molar-refractivity contribution >= 4 is 27.8 Å². The fraction of sp³-hybridized carbons (Fsp3) is 0.500. The van der Waals surface area contributed by atoms with Crippen LogP contribution >= 0.6 is 15.9 Å². The van der Waals surface area contributed by atoms with Crippen molar-refractivity contribution < 1.29 is 9.53 Å². The maximum Gasteiger partial charge on any atom is 0.306 e. The molecule has 1 aromatic rings. The van der Waals surface area contributed by atoms with E-state index in [1.54, 1.807) is 0 Å². The molecule has 0 bridgehead atoms. The number of aromatic nitrogens is 2. The Morgan fingerprint density at radius 2 is 2.31 bits per heavy atom. The van der Waals surface area contributed by atoms with E-state index in [9.17, 15) is 4.79 Å². The van der Waals surface area contributed by atoms with Crippen molar-refractivity contribution in [3.63, 3.8) is 0 Å². The molecule has 0 fully saturated rings. The number of anilines is 1. The van der Waals surface area contributed by atoms with E-state index >= 15 is 0 Å². The van der Waals surface area contributed by atoms with Crippen LogP contribution in [0.3, 0.4) is 0 Å². The lowest BCUT2D eigenvalue weighted by Crippen LogP contribution is -2.09. The summed E-state index contributed by atoms with van der Waals surface area (Å²) < 4.78 is 5.74. The molecule has 0 aliphatic rings. The van der Waals surface area contributed by atoms with Gasteiger partial charge in [-0.15, -0.1) is 0 Å². The van der Waals surface area contributed by atoms with Crippen LogP contribution in [0.5, 0.6) is 0 Å². The van der Waals surface area contributed by atoms with Gasteiger partial charge in [0.2, 0.25) is 5.95 Å². The highest BCUT2D eigenvalue weighted by Crippen LogP contribution is 2.15. The van der Waals surface area contributed by atoms with Gasteiger partial charge in [-0.25, -0.2) is 9.97 Å². The molecule has 0 radical (unpaired) electrons. The van der Waals surface area contributed by atoms with Gasteiger partial charge in [0, 0.05) is 12.6 Å². The molecule has 16 heavy (non-hydrogen) atoms. The summed E-state index contributed by atoms with van der Waals surface area (Å²) in [6.45, 7) is 4.03. The van der Waals surface area contributed by atoms with E-state index in [0.29, 0.717) is 16.6 Å². The van der Waals surface area contributed by atoms with Crippen LogP contribution in [0.25, 0.3) is 0 Å². The Balaban J connectivity index is 2.54.